The molecular formula is C33H64N2O10P. The summed E-state index contributed by atoms with van der Waals surface area (Å²) in [6.45, 7) is 7.00. The van der Waals surface area contributed by atoms with Crippen LogP contribution < -0.4 is 4.89 Å². The van der Waals surface area contributed by atoms with E-state index in [2.05, 4.69) is 6.92 Å². The molecule has 1 rings (SSSR count). The number of carbonyl (C=O) groups excluding carboxylic acids is 2. The molecule has 3 atom stereocenters. The second kappa shape index (κ2) is 21.8. The molecule has 1 fully saturated rings. The molecular weight excluding hydrogens is 615 g/mol. The summed E-state index contributed by atoms with van der Waals surface area (Å²) in [5.41, 5.74) is -1.92. The molecule has 1 heterocycles. The standard InChI is InChI=1S/C33H64N2O10P/c1-8-9-10-11-12-13-14-15-16-17-18-19-20-21-30(36)41-26-29(27-44-46(39,40)43-25-24-35(5,6)7)45-31(37)22-23-33(4)34(38)32(2,3)28-42-33/h29H,8-28H2,1-7H3. The van der Waals surface area contributed by atoms with Crippen molar-refractivity contribution in [1.29, 1.82) is 0 Å². The zero-order valence-electron chi connectivity index (χ0n) is 29.9. The fourth-order valence-corrected chi connectivity index (χ4v) is 5.87. The second-order valence-electron chi connectivity index (χ2n) is 14.4. The van der Waals surface area contributed by atoms with Gasteiger partial charge < -0.3 is 32.6 Å². The highest BCUT2D eigenvalue weighted by Crippen LogP contribution is 2.39. The van der Waals surface area contributed by atoms with Crippen molar-refractivity contribution in [2.24, 2.45) is 0 Å². The van der Waals surface area contributed by atoms with Gasteiger partial charge in [0, 0.05) is 19.3 Å². The highest BCUT2D eigenvalue weighted by atomic mass is 31.2. The molecule has 0 bridgehead atoms. The largest absolute Gasteiger partial charge is 0.756 e. The van der Waals surface area contributed by atoms with Crippen LogP contribution in [0.25, 0.3) is 0 Å². The van der Waals surface area contributed by atoms with E-state index in [1.807, 2.05) is 21.1 Å². The average molecular weight is 680 g/mol. The van der Waals surface area contributed by atoms with Crippen LogP contribution in [0.1, 0.15) is 130 Å². The minimum atomic E-state index is -4.69. The van der Waals surface area contributed by atoms with Crippen LogP contribution in [0.2, 0.25) is 0 Å². The topological polar surface area (TPSA) is 144 Å². The van der Waals surface area contributed by atoms with Crippen LogP contribution in [-0.4, -0.2) is 93.0 Å². The zero-order chi connectivity index (χ0) is 34.7. The van der Waals surface area contributed by atoms with Gasteiger partial charge in [0.25, 0.3) is 7.82 Å². The van der Waals surface area contributed by atoms with E-state index in [9.17, 15) is 24.3 Å². The Morgan fingerprint density at radius 3 is 1.89 bits per heavy atom. The summed E-state index contributed by atoms with van der Waals surface area (Å²) in [6, 6.07) is 0. The Bertz CT molecular complexity index is 913. The van der Waals surface area contributed by atoms with E-state index >= 15 is 0 Å². The third kappa shape index (κ3) is 19.6. The van der Waals surface area contributed by atoms with Gasteiger partial charge in [0.1, 0.15) is 25.5 Å². The first-order valence-electron chi connectivity index (χ1n) is 17.4. The molecule has 0 spiro atoms. The second-order valence-corrected chi connectivity index (χ2v) is 15.9. The molecule has 0 N–H and O–H groups in total. The summed E-state index contributed by atoms with van der Waals surface area (Å²) in [5.74, 6) is -1.15. The van der Waals surface area contributed by atoms with Crippen molar-refractivity contribution in [1.82, 2.24) is 5.06 Å². The normalized spacial score (nSPS) is 20.4. The van der Waals surface area contributed by atoms with Crippen LogP contribution in [0.4, 0.5) is 0 Å². The van der Waals surface area contributed by atoms with Gasteiger partial charge in [-0.1, -0.05) is 84.0 Å². The molecule has 0 aromatic heterocycles. The number of hydrogen-bond donors (Lipinski definition) is 0. The molecule has 271 valence electrons. The number of esters is 2. The van der Waals surface area contributed by atoms with E-state index in [1.165, 1.54) is 57.8 Å². The Kier molecular flexibility index (Phi) is 20.3. The monoisotopic (exact) mass is 679 g/mol. The Hall–Kier alpha value is -1.11. The molecule has 46 heavy (non-hydrogen) atoms. The Morgan fingerprint density at radius 1 is 0.848 bits per heavy atom. The Labute approximate surface area is 278 Å². The van der Waals surface area contributed by atoms with E-state index in [0.717, 1.165) is 24.3 Å². The number of rotatable bonds is 27. The van der Waals surface area contributed by atoms with Crippen molar-refractivity contribution < 1.29 is 52.0 Å². The van der Waals surface area contributed by atoms with E-state index in [0.29, 0.717) is 17.4 Å². The lowest BCUT2D eigenvalue weighted by molar-refractivity contribution is -0.870. The average Bonchev–Trinajstić information content (AvgIpc) is 3.18. The van der Waals surface area contributed by atoms with Gasteiger partial charge in [-0.15, -0.1) is 10.3 Å². The quantitative estimate of drug-likeness (QED) is 0.0433. The maximum atomic E-state index is 12.7. The number of phosphoric ester groups is 1. The van der Waals surface area contributed by atoms with E-state index in [4.69, 9.17) is 23.3 Å². The smallest absolute Gasteiger partial charge is 0.306 e. The van der Waals surface area contributed by atoms with Gasteiger partial charge >= 0.3 is 11.9 Å². The Morgan fingerprint density at radius 2 is 1.39 bits per heavy atom. The van der Waals surface area contributed by atoms with E-state index in [1.54, 1.807) is 20.8 Å². The van der Waals surface area contributed by atoms with Crippen LogP contribution in [0.3, 0.4) is 0 Å². The molecule has 1 saturated heterocycles. The van der Waals surface area contributed by atoms with Gasteiger partial charge in [0.15, 0.2) is 6.10 Å². The molecule has 3 unspecified atom stereocenters. The number of nitrogens with zero attached hydrogens (tertiary/aromatic N) is 2. The third-order valence-corrected chi connectivity index (χ3v) is 9.12. The molecule has 0 aromatic carbocycles. The minimum Gasteiger partial charge on any atom is -0.756 e. The predicted octanol–water partition coefficient (Wildman–Crippen LogP) is 6.08. The highest BCUT2D eigenvalue weighted by molar-refractivity contribution is 7.45. The van der Waals surface area contributed by atoms with Gasteiger partial charge in [-0.3, -0.25) is 14.2 Å². The molecule has 12 nitrogen and oxygen atoms in total. The summed E-state index contributed by atoms with van der Waals surface area (Å²) in [4.78, 5) is 37.4. The summed E-state index contributed by atoms with van der Waals surface area (Å²) in [7, 11) is 0.991. The molecule has 1 aliphatic heterocycles. The molecule has 1 aliphatic rings. The number of unbranched alkanes of at least 4 members (excludes halogenated alkanes) is 12. The van der Waals surface area contributed by atoms with Crippen molar-refractivity contribution in [2.75, 3.05) is 54.1 Å². The van der Waals surface area contributed by atoms with Crippen molar-refractivity contribution in [2.45, 2.75) is 148 Å². The fraction of sp³-hybridized carbons (Fsp3) is 0.939. The first-order chi connectivity index (χ1) is 21.5. The maximum Gasteiger partial charge on any atom is 0.306 e. The number of quaternary nitrogens is 1. The van der Waals surface area contributed by atoms with Crippen LogP contribution >= 0.6 is 7.82 Å². The highest BCUT2D eigenvalue weighted by Gasteiger charge is 2.49. The maximum absolute atomic E-state index is 12.7. The number of ether oxygens (including phenoxy) is 3. The molecule has 1 radical (unpaired) electrons. The lowest BCUT2D eigenvalue weighted by Gasteiger charge is -2.32. The summed E-state index contributed by atoms with van der Waals surface area (Å²) < 4.78 is 39.2. The number of phosphoric acid groups is 1. The number of hydroxylamine groups is 2. The third-order valence-electron chi connectivity index (χ3n) is 8.15. The lowest BCUT2D eigenvalue weighted by Crippen LogP contribution is -2.47. The predicted molar refractivity (Wildman–Crippen MR) is 174 cm³/mol. The van der Waals surface area contributed by atoms with Crippen molar-refractivity contribution in [3.63, 3.8) is 0 Å². The Balaban J connectivity index is 2.46. The number of carbonyl (C=O) groups is 2. The van der Waals surface area contributed by atoms with Crippen LogP contribution in [0, 0.1) is 0 Å². The number of hydrogen-bond acceptors (Lipinski definition) is 10. The van der Waals surface area contributed by atoms with Crippen LogP contribution in [-0.2, 0) is 42.6 Å². The van der Waals surface area contributed by atoms with Gasteiger partial charge in [-0.25, -0.2) is 0 Å². The van der Waals surface area contributed by atoms with Crippen LogP contribution in [0.5, 0.6) is 0 Å². The lowest BCUT2D eigenvalue weighted by atomic mass is 10.0. The van der Waals surface area contributed by atoms with Crippen molar-refractivity contribution in [3.05, 3.63) is 0 Å². The summed E-state index contributed by atoms with van der Waals surface area (Å²) in [5, 5.41) is 13.5. The summed E-state index contributed by atoms with van der Waals surface area (Å²) >= 11 is 0. The SMILES string of the molecule is CCCCCCCCCCCCCCCC(=O)OCC(COP(=O)([O-])OCC[N+](C)(C)C)OC(=O)CCC1(C)OCC(C)(C)N1[O]. The molecule has 0 saturated carbocycles. The number of likely N-dealkylation sites (N-methyl/N-ethyl adjacent to an activating group) is 1. The molecule has 0 aromatic rings. The van der Waals surface area contributed by atoms with Gasteiger partial charge in [0.2, 0.25) is 0 Å². The summed E-state index contributed by atoms with van der Waals surface area (Å²) in [6.07, 6.45) is 14.5. The zero-order valence-corrected chi connectivity index (χ0v) is 30.7. The van der Waals surface area contributed by atoms with E-state index < -0.39 is 43.7 Å². The fourth-order valence-electron chi connectivity index (χ4n) is 5.14. The molecule has 0 amide bonds. The molecule has 13 heteroatoms. The minimum absolute atomic E-state index is 0.0688. The first-order valence-corrected chi connectivity index (χ1v) is 18.8. The van der Waals surface area contributed by atoms with Crippen LogP contribution in [0.15, 0.2) is 0 Å². The first kappa shape index (κ1) is 42.9. The van der Waals surface area contributed by atoms with Crippen molar-refractivity contribution in [3.8, 4) is 0 Å². The van der Waals surface area contributed by atoms with Crippen molar-refractivity contribution >= 4 is 19.8 Å². The van der Waals surface area contributed by atoms with Gasteiger partial charge in [0.05, 0.1) is 39.9 Å². The van der Waals surface area contributed by atoms with Gasteiger partial charge in [-0.2, -0.15) is 0 Å². The van der Waals surface area contributed by atoms with Gasteiger partial charge in [-0.05, 0) is 27.2 Å². The van der Waals surface area contributed by atoms with E-state index in [-0.39, 0.29) is 39.1 Å². The molecule has 0 aliphatic carbocycles.